The first-order chi connectivity index (χ1) is 14.9. The number of carbonyl (C=O) groups excluding carboxylic acids is 1. The number of anilines is 2. The van der Waals surface area contributed by atoms with E-state index >= 15 is 0 Å². The first-order valence-corrected chi connectivity index (χ1v) is 11.7. The zero-order valence-corrected chi connectivity index (χ0v) is 18.2. The van der Waals surface area contributed by atoms with E-state index in [1.807, 2.05) is 36.1 Å². The van der Waals surface area contributed by atoms with Gasteiger partial charge in [-0.25, -0.2) is 13.4 Å². The lowest BCUT2D eigenvalue weighted by molar-refractivity contribution is -0.115. The average Bonchev–Trinajstić information content (AvgIpc) is 2.75. The average molecular weight is 440 g/mol. The number of rotatable bonds is 7. The molecule has 8 nitrogen and oxygen atoms in total. The minimum atomic E-state index is -2.93. The second kappa shape index (κ2) is 10.1. The number of pyridine rings is 1. The summed E-state index contributed by atoms with van der Waals surface area (Å²) in [6, 6.07) is 11.0. The fraction of sp³-hybridized carbons (Fsp3) is 0.273. The van der Waals surface area contributed by atoms with Crippen molar-refractivity contribution in [2.75, 3.05) is 34.8 Å². The van der Waals surface area contributed by atoms with Crippen LogP contribution in [0.4, 0.5) is 11.5 Å². The molecule has 1 fully saturated rings. The van der Waals surface area contributed by atoms with Gasteiger partial charge in [0.25, 0.3) is 0 Å². The third-order valence-electron chi connectivity index (χ3n) is 4.79. The zero-order chi connectivity index (χ0) is 22.3. The predicted molar refractivity (Wildman–Crippen MR) is 126 cm³/mol. The summed E-state index contributed by atoms with van der Waals surface area (Å²) < 4.78 is 23.1. The number of aliphatic imine (C=N–C) groups is 2. The minimum absolute atomic E-state index is 0.143. The number of benzene rings is 1. The molecule has 1 aliphatic heterocycles. The van der Waals surface area contributed by atoms with Gasteiger partial charge in [-0.05, 0) is 37.4 Å². The molecule has 1 N–H and O–H groups in total. The van der Waals surface area contributed by atoms with Gasteiger partial charge in [0.1, 0.15) is 5.82 Å². The van der Waals surface area contributed by atoms with Crippen LogP contribution in [0.2, 0.25) is 0 Å². The summed E-state index contributed by atoms with van der Waals surface area (Å²) in [6.07, 6.45) is 5.10. The Morgan fingerprint density at radius 2 is 1.90 bits per heavy atom. The predicted octanol–water partition coefficient (Wildman–Crippen LogP) is 2.59. The van der Waals surface area contributed by atoms with Crippen LogP contribution in [-0.4, -0.2) is 56.8 Å². The van der Waals surface area contributed by atoms with Gasteiger partial charge >= 0.3 is 0 Å². The van der Waals surface area contributed by atoms with Crippen molar-refractivity contribution in [3.8, 4) is 0 Å². The van der Waals surface area contributed by atoms with Crippen molar-refractivity contribution >= 4 is 45.9 Å². The van der Waals surface area contributed by atoms with Crippen LogP contribution in [0.25, 0.3) is 5.70 Å². The van der Waals surface area contributed by atoms with E-state index in [0.717, 1.165) is 16.9 Å². The lowest BCUT2D eigenvalue weighted by Gasteiger charge is -2.27. The molecule has 1 aliphatic rings. The normalized spacial score (nSPS) is 16.3. The molecule has 0 spiro atoms. The van der Waals surface area contributed by atoms with Crippen LogP contribution in [0, 0.1) is 0 Å². The Labute approximate surface area is 182 Å². The summed E-state index contributed by atoms with van der Waals surface area (Å²) in [6.45, 7) is 6.15. The molecule has 9 heteroatoms. The molecule has 1 amide bonds. The molecule has 1 aromatic heterocycles. The Kier molecular flexibility index (Phi) is 7.30. The second-order valence-electron chi connectivity index (χ2n) is 7.05. The summed E-state index contributed by atoms with van der Waals surface area (Å²) in [5, 5.41) is 2.87. The summed E-state index contributed by atoms with van der Waals surface area (Å²) in [5.74, 6) is 0.858. The molecular formula is C22H25N5O3S. The third kappa shape index (κ3) is 6.32. The van der Waals surface area contributed by atoms with Gasteiger partial charge in [0.05, 0.1) is 29.8 Å². The highest BCUT2D eigenvalue weighted by Crippen LogP contribution is 2.19. The van der Waals surface area contributed by atoms with Gasteiger partial charge in [0, 0.05) is 36.8 Å². The number of nitrogens with one attached hydrogen (secondary N) is 1. The molecule has 0 unspecified atom stereocenters. The highest BCUT2D eigenvalue weighted by molar-refractivity contribution is 7.91. The van der Waals surface area contributed by atoms with E-state index in [9.17, 15) is 13.2 Å². The van der Waals surface area contributed by atoms with Gasteiger partial charge in [-0.3, -0.25) is 14.8 Å². The molecular weight excluding hydrogens is 414 g/mol. The molecule has 0 radical (unpaired) electrons. The molecule has 31 heavy (non-hydrogen) atoms. The molecule has 0 saturated carbocycles. The SMILES string of the molecule is C=N/C=C(\N=C/C)c1ccc(NC(=O)Cc2ccc(N3CCS(=O)(=O)CC3)nc2)cc1. The quantitative estimate of drug-likeness (QED) is 0.668. The molecule has 3 rings (SSSR count). The molecule has 2 aromatic rings. The molecule has 162 valence electrons. The maximum absolute atomic E-state index is 12.4. The third-order valence-corrected chi connectivity index (χ3v) is 6.40. The van der Waals surface area contributed by atoms with Crippen molar-refractivity contribution in [2.45, 2.75) is 13.3 Å². The van der Waals surface area contributed by atoms with Crippen molar-refractivity contribution in [2.24, 2.45) is 9.98 Å². The summed E-state index contributed by atoms with van der Waals surface area (Å²) >= 11 is 0. The van der Waals surface area contributed by atoms with E-state index in [4.69, 9.17) is 0 Å². The van der Waals surface area contributed by atoms with Crippen LogP contribution in [0.3, 0.4) is 0 Å². The van der Waals surface area contributed by atoms with Crippen molar-refractivity contribution in [3.63, 3.8) is 0 Å². The van der Waals surface area contributed by atoms with Crippen LogP contribution < -0.4 is 10.2 Å². The Bertz CT molecular complexity index is 1080. The Morgan fingerprint density at radius 1 is 1.19 bits per heavy atom. The van der Waals surface area contributed by atoms with Gasteiger partial charge in [0.15, 0.2) is 9.84 Å². The zero-order valence-electron chi connectivity index (χ0n) is 17.4. The molecule has 0 aliphatic carbocycles. The standard InChI is InChI=1S/C22H25N5O3S/c1-3-24-20(16-23-2)18-5-7-19(8-6-18)26-22(28)14-17-4-9-21(25-15-17)27-10-12-31(29,30)13-11-27/h3-9,15-16H,2,10-14H2,1H3,(H,26,28)/b20-16-,24-3-. The largest absolute Gasteiger partial charge is 0.355 e. The van der Waals surface area contributed by atoms with E-state index in [0.29, 0.717) is 24.5 Å². The van der Waals surface area contributed by atoms with E-state index in [-0.39, 0.29) is 23.8 Å². The summed E-state index contributed by atoms with van der Waals surface area (Å²) in [4.78, 5) is 26.7. The summed E-state index contributed by atoms with van der Waals surface area (Å²) in [7, 11) is -2.93. The number of sulfone groups is 1. The van der Waals surface area contributed by atoms with Crippen molar-refractivity contribution in [3.05, 3.63) is 59.9 Å². The Hall–Kier alpha value is -3.33. The number of nitrogens with zero attached hydrogens (tertiary/aromatic N) is 4. The number of aromatic nitrogens is 1. The van der Waals surface area contributed by atoms with Crippen LogP contribution in [0.5, 0.6) is 0 Å². The fourth-order valence-electron chi connectivity index (χ4n) is 3.17. The van der Waals surface area contributed by atoms with Gasteiger partial charge in [0.2, 0.25) is 5.91 Å². The molecule has 1 saturated heterocycles. The highest BCUT2D eigenvalue weighted by Gasteiger charge is 2.22. The van der Waals surface area contributed by atoms with E-state index < -0.39 is 9.84 Å². The molecule has 1 aromatic carbocycles. The first-order valence-electron chi connectivity index (χ1n) is 9.85. The molecule has 0 bridgehead atoms. The van der Waals surface area contributed by atoms with Crippen LogP contribution in [0.15, 0.2) is 58.8 Å². The van der Waals surface area contributed by atoms with Gasteiger partial charge in [-0.15, -0.1) is 0 Å². The number of carbonyl (C=O) groups is 1. The minimum Gasteiger partial charge on any atom is -0.355 e. The fourth-order valence-corrected chi connectivity index (χ4v) is 4.37. The van der Waals surface area contributed by atoms with Crippen molar-refractivity contribution in [1.82, 2.24) is 4.98 Å². The van der Waals surface area contributed by atoms with Crippen LogP contribution in [-0.2, 0) is 21.1 Å². The van der Waals surface area contributed by atoms with Crippen molar-refractivity contribution < 1.29 is 13.2 Å². The topological polar surface area (TPSA) is 104 Å². The number of hydrogen-bond donors (Lipinski definition) is 1. The second-order valence-corrected chi connectivity index (χ2v) is 9.35. The molecule has 0 atom stereocenters. The maximum atomic E-state index is 12.4. The smallest absolute Gasteiger partial charge is 0.228 e. The highest BCUT2D eigenvalue weighted by atomic mass is 32.2. The maximum Gasteiger partial charge on any atom is 0.228 e. The van der Waals surface area contributed by atoms with Gasteiger partial charge in [-0.2, -0.15) is 0 Å². The van der Waals surface area contributed by atoms with Crippen molar-refractivity contribution in [1.29, 1.82) is 0 Å². The van der Waals surface area contributed by atoms with Crippen LogP contribution in [0.1, 0.15) is 18.1 Å². The van der Waals surface area contributed by atoms with Gasteiger partial charge in [-0.1, -0.05) is 18.2 Å². The lowest BCUT2D eigenvalue weighted by Crippen LogP contribution is -2.40. The monoisotopic (exact) mass is 439 g/mol. The number of amides is 1. The Balaban J connectivity index is 1.57. The number of hydrogen-bond acceptors (Lipinski definition) is 7. The Morgan fingerprint density at radius 3 is 2.48 bits per heavy atom. The van der Waals surface area contributed by atoms with E-state index in [1.165, 1.54) is 0 Å². The lowest BCUT2D eigenvalue weighted by atomic mass is 10.1. The molecule has 2 heterocycles. The van der Waals surface area contributed by atoms with Gasteiger partial charge < -0.3 is 10.2 Å². The van der Waals surface area contributed by atoms with E-state index in [2.05, 4.69) is 27.0 Å². The van der Waals surface area contributed by atoms with E-state index in [1.54, 1.807) is 30.7 Å². The summed E-state index contributed by atoms with van der Waals surface area (Å²) in [5.41, 5.74) is 3.02. The van der Waals surface area contributed by atoms with Crippen LogP contribution >= 0.6 is 0 Å². The first kappa shape index (κ1) is 22.4.